The molecule has 25 heavy (non-hydrogen) atoms. The zero-order chi connectivity index (χ0) is 18.6. The standard InChI is InChI=1S/C17H21ClN4O3/c1-17(2,3)22-16(23)12-8-15(20-9-19-12)21-11-7-13(24-4)10(18)6-14(11)25-5/h6-9H,1-5H3,(H,22,23)(H,19,20,21). The molecule has 2 rings (SSSR count). The zero-order valence-corrected chi connectivity index (χ0v) is 15.6. The van der Waals surface area contributed by atoms with Crippen LogP contribution in [-0.4, -0.2) is 35.6 Å². The van der Waals surface area contributed by atoms with E-state index in [2.05, 4.69) is 20.6 Å². The SMILES string of the molecule is COc1cc(Nc2cc(C(=O)NC(C)(C)C)ncn2)c(OC)cc1Cl. The van der Waals surface area contributed by atoms with E-state index in [0.29, 0.717) is 28.0 Å². The van der Waals surface area contributed by atoms with E-state index >= 15 is 0 Å². The van der Waals surface area contributed by atoms with Crippen LogP contribution in [0.2, 0.25) is 5.02 Å². The first-order chi connectivity index (χ1) is 11.7. The molecule has 1 aromatic heterocycles. The lowest BCUT2D eigenvalue weighted by atomic mass is 10.1. The van der Waals surface area contributed by atoms with Gasteiger partial charge in [0.05, 0.1) is 24.9 Å². The number of aromatic nitrogens is 2. The summed E-state index contributed by atoms with van der Waals surface area (Å²) in [4.78, 5) is 20.4. The number of carbonyl (C=O) groups excluding carboxylic acids is 1. The monoisotopic (exact) mass is 364 g/mol. The van der Waals surface area contributed by atoms with Crippen LogP contribution in [0, 0.1) is 0 Å². The van der Waals surface area contributed by atoms with Crippen molar-refractivity contribution in [2.75, 3.05) is 19.5 Å². The molecule has 0 aliphatic heterocycles. The molecule has 0 fully saturated rings. The van der Waals surface area contributed by atoms with Crippen molar-refractivity contribution in [3.05, 3.63) is 35.2 Å². The van der Waals surface area contributed by atoms with Gasteiger partial charge in [-0.2, -0.15) is 0 Å². The first-order valence-electron chi connectivity index (χ1n) is 7.56. The molecule has 0 saturated heterocycles. The number of hydrogen-bond acceptors (Lipinski definition) is 6. The third-order valence-electron chi connectivity index (χ3n) is 3.12. The molecule has 0 aliphatic carbocycles. The molecule has 0 atom stereocenters. The number of nitrogens with zero attached hydrogens (tertiary/aromatic N) is 2. The smallest absolute Gasteiger partial charge is 0.270 e. The number of ether oxygens (including phenoxy) is 2. The summed E-state index contributed by atoms with van der Waals surface area (Å²) in [5.74, 6) is 1.17. The van der Waals surface area contributed by atoms with Gasteiger partial charge in [0.2, 0.25) is 0 Å². The molecule has 0 aliphatic rings. The van der Waals surface area contributed by atoms with E-state index in [4.69, 9.17) is 21.1 Å². The maximum absolute atomic E-state index is 12.2. The van der Waals surface area contributed by atoms with E-state index in [1.807, 2.05) is 20.8 Å². The second kappa shape index (κ2) is 7.57. The fourth-order valence-corrected chi connectivity index (χ4v) is 2.28. The highest BCUT2D eigenvalue weighted by molar-refractivity contribution is 6.32. The first-order valence-corrected chi connectivity index (χ1v) is 7.94. The lowest BCUT2D eigenvalue weighted by Gasteiger charge is -2.20. The molecule has 0 radical (unpaired) electrons. The summed E-state index contributed by atoms with van der Waals surface area (Å²) >= 11 is 6.10. The van der Waals surface area contributed by atoms with Gasteiger partial charge in [-0.15, -0.1) is 0 Å². The third kappa shape index (κ3) is 4.96. The number of anilines is 2. The highest BCUT2D eigenvalue weighted by Gasteiger charge is 2.17. The number of rotatable bonds is 5. The minimum absolute atomic E-state index is 0.257. The van der Waals surface area contributed by atoms with Crippen molar-refractivity contribution in [3.63, 3.8) is 0 Å². The molecule has 2 N–H and O–H groups in total. The van der Waals surface area contributed by atoms with Gasteiger partial charge in [-0.25, -0.2) is 9.97 Å². The Bertz CT molecular complexity index is 775. The Hall–Kier alpha value is -2.54. The molecule has 134 valence electrons. The average molecular weight is 365 g/mol. The van der Waals surface area contributed by atoms with Gasteiger partial charge in [-0.1, -0.05) is 11.6 Å². The first kappa shape index (κ1) is 18.8. The van der Waals surface area contributed by atoms with Gasteiger partial charge in [0, 0.05) is 23.7 Å². The number of methoxy groups -OCH3 is 2. The highest BCUT2D eigenvalue weighted by atomic mass is 35.5. The molecule has 0 spiro atoms. The topological polar surface area (TPSA) is 85.4 Å². The molecule has 1 aromatic carbocycles. The number of nitrogens with one attached hydrogen (secondary N) is 2. The van der Waals surface area contributed by atoms with Crippen LogP contribution in [0.15, 0.2) is 24.5 Å². The molecular formula is C17H21ClN4O3. The number of hydrogen-bond donors (Lipinski definition) is 2. The predicted molar refractivity (Wildman–Crippen MR) is 97.1 cm³/mol. The molecular weight excluding hydrogens is 344 g/mol. The van der Waals surface area contributed by atoms with Crippen LogP contribution in [0.3, 0.4) is 0 Å². The van der Waals surface area contributed by atoms with E-state index in [1.165, 1.54) is 20.5 Å². The van der Waals surface area contributed by atoms with E-state index < -0.39 is 0 Å². The van der Waals surface area contributed by atoms with Gasteiger partial charge in [0.15, 0.2) is 0 Å². The van der Waals surface area contributed by atoms with Crippen molar-refractivity contribution in [1.29, 1.82) is 0 Å². The molecule has 8 heteroatoms. The highest BCUT2D eigenvalue weighted by Crippen LogP contribution is 2.37. The summed E-state index contributed by atoms with van der Waals surface area (Å²) in [7, 11) is 3.06. The van der Waals surface area contributed by atoms with Gasteiger partial charge in [0.25, 0.3) is 5.91 Å². The lowest BCUT2D eigenvalue weighted by Crippen LogP contribution is -2.40. The Kier molecular flexibility index (Phi) is 5.69. The fourth-order valence-electron chi connectivity index (χ4n) is 2.05. The quantitative estimate of drug-likeness (QED) is 0.845. The van der Waals surface area contributed by atoms with Gasteiger partial charge in [-0.3, -0.25) is 4.79 Å². The maximum Gasteiger partial charge on any atom is 0.270 e. The van der Waals surface area contributed by atoms with Crippen molar-refractivity contribution in [2.24, 2.45) is 0 Å². The predicted octanol–water partition coefficient (Wildman–Crippen LogP) is 3.42. The lowest BCUT2D eigenvalue weighted by molar-refractivity contribution is 0.0914. The van der Waals surface area contributed by atoms with Crippen LogP contribution >= 0.6 is 11.6 Å². The molecule has 1 heterocycles. The van der Waals surface area contributed by atoms with E-state index in [-0.39, 0.29) is 17.1 Å². The largest absolute Gasteiger partial charge is 0.495 e. The second-order valence-electron chi connectivity index (χ2n) is 6.30. The van der Waals surface area contributed by atoms with Crippen molar-refractivity contribution in [2.45, 2.75) is 26.3 Å². The van der Waals surface area contributed by atoms with E-state index in [9.17, 15) is 4.79 Å². The van der Waals surface area contributed by atoms with Crippen molar-refractivity contribution >= 4 is 29.0 Å². The van der Waals surface area contributed by atoms with Gasteiger partial charge < -0.3 is 20.1 Å². The number of benzene rings is 1. The van der Waals surface area contributed by atoms with Crippen molar-refractivity contribution < 1.29 is 14.3 Å². The summed E-state index contributed by atoms with van der Waals surface area (Å²) in [6.45, 7) is 5.70. The molecule has 7 nitrogen and oxygen atoms in total. The fraction of sp³-hybridized carbons (Fsp3) is 0.353. The number of halogens is 1. The van der Waals surface area contributed by atoms with Crippen LogP contribution in [0.5, 0.6) is 11.5 Å². The van der Waals surface area contributed by atoms with E-state index in [0.717, 1.165) is 0 Å². The molecule has 0 saturated carbocycles. The summed E-state index contributed by atoms with van der Waals surface area (Å²) < 4.78 is 10.5. The van der Waals surface area contributed by atoms with Crippen molar-refractivity contribution in [3.8, 4) is 11.5 Å². The normalized spacial score (nSPS) is 11.0. The summed E-state index contributed by atoms with van der Waals surface area (Å²) in [5.41, 5.74) is 0.500. The van der Waals surface area contributed by atoms with Gasteiger partial charge in [-0.05, 0) is 20.8 Å². The Morgan fingerprint density at radius 1 is 1.08 bits per heavy atom. The summed E-state index contributed by atoms with van der Waals surface area (Å²) in [6, 6.07) is 4.89. The van der Waals surface area contributed by atoms with Crippen LogP contribution in [-0.2, 0) is 0 Å². The van der Waals surface area contributed by atoms with Crippen LogP contribution in [0.4, 0.5) is 11.5 Å². The minimum atomic E-state index is -0.359. The van der Waals surface area contributed by atoms with Crippen LogP contribution < -0.4 is 20.1 Å². The van der Waals surface area contributed by atoms with Gasteiger partial charge in [0.1, 0.15) is 29.3 Å². The van der Waals surface area contributed by atoms with Crippen molar-refractivity contribution in [1.82, 2.24) is 15.3 Å². The van der Waals surface area contributed by atoms with Crippen LogP contribution in [0.1, 0.15) is 31.3 Å². The van der Waals surface area contributed by atoms with Crippen LogP contribution in [0.25, 0.3) is 0 Å². The number of amides is 1. The average Bonchev–Trinajstić information content (AvgIpc) is 2.54. The van der Waals surface area contributed by atoms with Gasteiger partial charge >= 0.3 is 0 Å². The molecule has 0 unspecified atom stereocenters. The Morgan fingerprint density at radius 3 is 2.36 bits per heavy atom. The summed E-state index contributed by atoms with van der Waals surface area (Å²) in [5, 5.41) is 6.37. The van der Waals surface area contributed by atoms with E-state index in [1.54, 1.807) is 18.2 Å². The third-order valence-corrected chi connectivity index (χ3v) is 3.42. The molecule has 1 amide bonds. The summed E-state index contributed by atoms with van der Waals surface area (Å²) in [6.07, 6.45) is 1.32. The Balaban J connectivity index is 2.29. The Morgan fingerprint density at radius 2 is 1.76 bits per heavy atom. The second-order valence-corrected chi connectivity index (χ2v) is 6.71. The maximum atomic E-state index is 12.2. The molecule has 2 aromatic rings. The molecule has 0 bridgehead atoms. The minimum Gasteiger partial charge on any atom is -0.495 e. The Labute approximate surface area is 151 Å². The number of carbonyl (C=O) groups is 1. The zero-order valence-electron chi connectivity index (χ0n) is 14.8.